The molecule has 9 heteroatoms. The number of fused-ring (bicyclic) bond motifs is 1. The number of carboxylic acids is 1. The third kappa shape index (κ3) is 6.02. The number of ether oxygens (including phenoxy) is 2. The predicted octanol–water partition coefficient (Wildman–Crippen LogP) is 6.66. The summed E-state index contributed by atoms with van der Waals surface area (Å²) in [7, 11) is 0. The maximum atomic E-state index is 13.5. The molecule has 40 heavy (non-hydrogen) atoms. The summed E-state index contributed by atoms with van der Waals surface area (Å²) in [6.07, 6.45) is 6.95. The van der Waals surface area contributed by atoms with E-state index in [1.54, 1.807) is 36.5 Å². The van der Waals surface area contributed by atoms with E-state index in [9.17, 15) is 9.59 Å². The molecular formula is C31H30ClN3O5. The molecule has 1 heterocycles. The highest BCUT2D eigenvalue weighted by atomic mass is 35.5. The van der Waals surface area contributed by atoms with Gasteiger partial charge in [-0.05, 0) is 67.3 Å². The van der Waals surface area contributed by atoms with E-state index in [-0.39, 0.29) is 23.6 Å². The molecule has 8 nitrogen and oxygen atoms in total. The fourth-order valence-electron chi connectivity index (χ4n) is 4.97. The van der Waals surface area contributed by atoms with Gasteiger partial charge in [0.05, 0.1) is 34.3 Å². The second-order valence-electron chi connectivity index (χ2n) is 9.74. The second-order valence-corrected chi connectivity index (χ2v) is 10.1. The van der Waals surface area contributed by atoms with Gasteiger partial charge in [-0.1, -0.05) is 55.1 Å². The first kappa shape index (κ1) is 27.4. The zero-order valence-corrected chi connectivity index (χ0v) is 22.9. The molecule has 206 valence electrons. The molecule has 1 aromatic heterocycles. The Labute approximate surface area is 236 Å². The minimum Gasteiger partial charge on any atom is -0.490 e. The molecule has 1 saturated carbocycles. The summed E-state index contributed by atoms with van der Waals surface area (Å²) >= 11 is 6.62. The van der Waals surface area contributed by atoms with Crippen LogP contribution in [0.2, 0.25) is 5.02 Å². The predicted molar refractivity (Wildman–Crippen MR) is 155 cm³/mol. The van der Waals surface area contributed by atoms with Crippen molar-refractivity contribution in [2.45, 2.75) is 51.6 Å². The molecule has 1 aliphatic carbocycles. The van der Waals surface area contributed by atoms with Gasteiger partial charge in [-0.3, -0.25) is 4.79 Å². The number of rotatable bonds is 9. The largest absolute Gasteiger partial charge is 0.490 e. The molecule has 0 unspecified atom stereocenters. The number of aromatic nitrogens is 2. The summed E-state index contributed by atoms with van der Waals surface area (Å²) in [4.78, 5) is 29.5. The highest BCUT2D eigenvalue weighted by molar-refractivity contribution is 6.32. The van der Waals surface area contributed by atoms with Gasteiger partial charge in [-0.2, -0.15) is 9.78 Å². The van der Waals surface area contributed by atoms with Crippen molar-refractivity contribution in [1.29, 1.82) is 0 Å². The molecule has 0 bridgehead atoms. The number of hydrogen-bond acceptors (Lipinski definition) is 6. The maximum absolute atomic E-state index is 13.5. The Kier molecular flexibility index (Phi) is 8.45. The number of hydrogen-bond donors (Lipinski definition) is 1. The van der Waals surface area contributed by atoms with Crippen LogP contribution in [-0.2, 0) is 6.61 Å². The van der Waals surface area contributed by atoms with Gasteiger partial charge in [0.15, 0.2) is 11.5 Å². The van der Waals surface area contributed by atoms with Crippen LogP contribution in [0.25, 0.3) is 10.9 Å². The number of para-hydroxylation sites is 1. The van der Waals surface area contributed by atoms with Gasteiger partial charge in [0.2, 0.25) is 0 Å². The molecular weight excluding hydrogens is 530 g/mol. The third-order valence-corrected chi connectivity index (χ3v) is 7.27. The normalized spacial score (nSPS) is 14.1. The van der Waals surface area contributed by atoms with Crippen LogP contribution in [0.3, 0.4) is 0 Å². The fourth-order valence-corrected chi connectivity index (χ4v) is 5.24. The van der Waals surface area contributed by atoms with Crippen molar-refractivity contribution in [2.75, 3.05) is 6.61 Å². The Morgan fingerprint density at radius 2 is 1.85 bits per heavy atom. The summed E-state index contributed by atoms with van der Waals surface area (Å²) in [6, 6.07) is 17.3. The molecule has 1 fully saturated rings. The zero-order valence-electron chi connectivity index (χ0n) is 22.2. The molecule has 0 spiro atoms. The number of benzene rings is 3. The lowest BCUT2D eigenvalue weighted by Crippen LogP contribution is -2.25. The Balaban J connectivity index is 1.46. The number of carbonyl (C=O) groups is 1. The average molecular weight is 560 g/mol. The van der Waals surface area contributed by atoms with Crippen LogP contribution in [0.4, 0.5) is 0 Å². The summed E-state index contributed by atoms with van der Waals surface area (Å²) < 4.78 is 13.2. The molecule has 0 aliphatic heterocycles. The van der Waals surface area contributed by atoms with E-state index >= 15 is 0 Å². The summed E-state index contributed by atoms with van der Waals surface area (Å²) in [5.41, 5.74) is 2.11. The lowest BCUT2D eigenvalue weighted by molar-refractivity contribution is 0.0697. The van der Waals surface area contributed by atoms with Crippen LogP contribution in [0.15, 0.2) is 70.6 Å². The number of aromatic carboxylic acids is 1. The maximum Gasteiger partial charge on any atom is 0.335 e. The molecule has 0 atom stereocenters. The van der Waals surface area contributed by atoms with Crippen LogP contribution in [-0.4, -0.2) is 33.6 Å². The molecule has 3 aromatic carbocycles. The molecule has 5 rings (SSSR count). The number of carboxylic acid groups (broad SMARTS) is 1. The van der Waals surface area contributed by atoms with Crippen molar-refractivity contribution in [3.63, 3.8) is 0 Å². The topological polar surface area (TPSA) is 103 Å². The van der Waals surface area contributed by atoms with Gasteiger partial charge in [-0.15, -0.1) is 0 Å². The van der Waals surface area contributed by atoms with Crippen molar-refractivity contribution in [3.05, 3.63) is 98.6 Å². The van der Waals surface area contributed by atoms with E-state index in [0.717, 1.165) is 31.2 Å². The minimum atomic E-state index is -0.987. The van der Waals surface area contributed by atoms with Crippen molar-refractivity contribution in [2.24, 2.45) is 5.10 Å². The van der Waals surface area contributed by atoms with Gasteiger partial charge < -0.3 is 14.6 Å². The summed E-state index contributed by atoms with van der Waals surface area (Å²) in [5.74, 6) is 0.681. The highest BCUT2D eigenvalue weighted by Gasteiger charge is 2.22. The molecule has 4 aromatic rings. The van der Waals surface area contributed by atoms with E-state index in [4.69, 9.17) is 31.2 Å². The van der Waals surface area contributed by atoms with E-state index in [1.807, 2.05) is 25.1 Å². The zero-order chi connectivity index (χ0) is 28.1. The Morgan fingerprint density at radius 1 is 1.10 bits per heavy atom. The molecule has 0 amide bonds. The van der Waals surface area contributed by atoms with Gasteiger partial charge in [0.1, 0.15) is 12.4 Å². The van der Waals surface area contributed by atoms with Crippen LogP contribution >= 0.6 is 11.6 Å². The smallest absolute Gasteiger partial charge is 0.335 e. The standard InChI is InChI=1S/C31H30ClN3O5/c1-2-39-27-17-21(16-25(32)28(27)40-19-20-12-14-23(15-13-20)31(37)38)18-33-35-29(22-8-4-3-5-9-22)34-26-11-7-6-10-24(26)30(35)36/h6-7,10-18,22H,2-5,8-9,19H2,1H3,(H,37,38). The van der Waals surface area contributed by atoms with Crippen molar-refractivity contribution >= 4 is 34.7 Å². The Hall–Kier alpha value is -4.17. The molecule has 1 N–H and O–H groups in total. The van der Waals surface area contributed by atoms with Crippen molar-refractivity contribution in [3.8, 4) is 11.5 Å². The third-order valence-electron chi connectivity index (χ3n) is 6.99. The first-order valence-corrected chi connectivity index (χ1v) is 13.8. The SMILES string of the molecule is CCOc1cc(C=Nn2c(C3CCCCC3)nc3ccccc3c2=O)cc(Cl)c1OCc1ccc(C(=O)O)cc1. The quantitative estimate of drug-likeness (QED) is 0.230. The Morgan fingerprint density at radius 3 is 2.58 bits per heavy atom. The molecule has 0 saturated heterocycles. The first-order valence-electron chi connectivity index (χ1n) is 13.4. The highest BCUT2D eigenvalue weighted by Crippen LogP contribution is 2.37. The monoisotopic (exact) mass is 559 g/mol. The molecule has 1 aliphatic rings. The first-order chi connectivity index (χ1) is 19.4. The van der Waals surface area contributed by atoms with Crippen LogP contribution in [0.1, 0.15) is 72.3 Å². The minimum absolute atomic E-state index is 0.172. The summed E-state index contributed by atoms with van der Waals surface area (Å²) in [5, 5.41) is 14.6. The van der Waals surface area contributed by atoms with Crippen LogP contribution < -0.4 is 15.0 Å². The fraction of sp³-hybridized carbons (Fsp3) is 0.290. The van der Waals surface area contributed by atoms with E-state index < -0.39 is 5.97 Å². The second kappa shape index (κ2) is 12.3. The summed E-state index contributed by atoms with van der Waals surface area (Å²) in [6.45, 7) is 2.43. The van der Waals surface area contributed by atoms with Gasteiger partial charge in [0.25, 0.3) is 5.56 Å². The van der Waals surface area contributed by atoms with Crippen LogP contribution in [0, 0.1) is 0 Å². The lowest BCUT2D eigenvalue weighted by atomic mass is 9.88. The number of halogens is 1. The molecule has 0 radical (unpaired) electrons. The van der Waals surface area contributed by atoms with E-state index in [0.29, 0.717) is 45.4 Å². The van der Waals surface area contributed by atoms with E-state index in [2.05, 4.69) is 5.10 Å². The average Bonchev–Trinajstić information content (AvgIpc) is 2.97. The van der Waals surface area contributed by atoms with Crippen LogP contribution in [0.5, 0.6) is 11.5 Å². The van der Waals surface area contributed by atoms with Crippen molar-refractivity contribution in [1.82, 2.24) is 9.66 Å². The van der Waals surface area contributed by atoms with Gasteiger partial charge in [-0.25, -0.2) is 9.78 Å². The van der Waals surface area contributed by atoms with Crippen molar-refractivity contribution < 1.29 is 19.4 Å². The van der Waals surface area contributed by atoms with Gasteiger partial charge >= 0.3 is 5.97 Å². The van der Waals surface area contributed by atoms with Gasteiger partial charge in [0, 0.05) is 5.92 Å². The van der Waals surface area contributed by atoms with E-state index in [1.165, 1.54) is 23.2 Å². The lowest BCUT2D eigenvalue weighted by Gasteiger charge is -2.22. The Bertz CT molecular complexity index is 1610. The number of nitrogens with zero attached hydrogens (tertiary/aromatic N) is 3.